The number of hydrogen-bond acceptors (Lipinski definition) is 6. The Balaban J connectivity index is 0.000000277. The average Bonchev–Trinajstić information content (AvgIpc) is 2.79. The van der Waals surface area contributed by atoms with Crippen molar-refractivity contribution in [1.29, 1.82) is 0 Å². The highest BCUT2D eigenvalue weighted by Crippen LogP contribution is 2.39. The molecule has 4 rings (SSSR count). The van der Waals surface area contributed by atoms with Crippen molar-refractivity contribution in [1.82, 2.24) is 0 Å². The van der Waals surface area contributed by atoms with Crippen LogP contribution in [0.5, 0.6) is 11.5 Å². The highest BCUT2D eigenvalue weighted by Gasteiger charge is 2.41. The Morgan fingerprint density at radius 1 is 0.625 bits per heavy atom. The lowest BCUT2D eigenvalue weighted by molar-refractivity contribution is -0.0571. The zero-order valence-electron chi connectivity index (χ0n) is 20.8. The molecule has 0 fully saturated rings. The Morgan fingerprint density at radius 2 is 0.906 bits per heavy atom. The van der Waals surface area contributed by atoms with Crippen LogP contribution < -0.4 is 20.9 Å². The van der Waals surface area contributed by atoms with Gasteiger partial charge in [-0.3, -0.25) is 0 Å². The molecule has 32 heavy (non-hydrogen) atoms. The Morgan fingerprint density at radius 3 is 1.22 bits per heavy atom. The van der Waals surface area contributed by atoms with E-state index >= 15 is 0 Å². The average molecular weight is 447 g/mol. The third-order valence-electron chi connectivity index (χ3n) is 5.41. The van der Waals surface area contributed by atoms with E-state index in [1.165, 1.54) is 0 Å². The summed E-state index contributed by atoms with van der Waals surface area (Å²) in [4.78, 5) is 0. The van der Waals surface area contributed by atoms with E-state index in [9.17, 15) is 10.2 Å². The lowest BCUT2D eigenvalue weighted by atomic mass is 9.87. The SMILES string of the molecule is CC.CC.CC1(C)Oc2ccccc2[C@@H](N)[C@@H]1O.CC1(C)Oc2ccccc2[C@H](N)[C@H]1O. The predicted octanol–water partition coefficient (Wildman–Crippen LogP) is 4.49. The predicted molar refractivity (Wildman–Crippen MR) is 131 cm³/mol. The molecule has 0 spiro atoms. The molecule has 0 unspecified atom stereocenters. The Hall–Kier alpha value is -2.12. The minimum Gasteiger partial charge on any atom is -0.485 e. The molecule has 2 aliphatic rings. The number of fused-ring (bicyclic) bond motifs is 2. The molecule has 0 aliphatic carbocycles. The highest BCUT2D eigenvalue weighted by molar-refractivity contribution is 5.40. The molecule has 6 N–H and O–H groups in total. The quantitative estimate of drug-likeness (QED) is 0.474. The Kier molecular flexibility index (Phi) is 10.2. The monoisotopic (exact) mass is 446 g/mol. The number of aliphatic hydroxyl groups excluding tert-OH is 2. The summed E-state index contributed by atoms with van der Waals surface area (Å²) >= 11 is 0. The summed E-state index contributed by atoms with van der Waals surface area (Å²) in [6.45, 7) is 15.4. The van der Waals surface area contributed by atoms with Gasteiger partial charge < -0.3 is 31.2 Å². The number of rotatable bonds is 0. The molecule has 2 aromatic carbocycles. The number of aliphatic hydroxyl groups is 2. The van der Waals surface area contributed by atoms with Crippen LogP contribution in [-0.2, 0) is 0 Å². The van der Waals surface area contributed by atoms with Crippen LogP contribution in [0.3, 0.4) is 0 Å². The van der Waals surface area contributed by atoms with E-state index in [2.05, 4.69) is 0 Å². The molecule has 0 saturated heterocycles. The molecule has 6 heteroatoms. The number of nitrogens with two attached hydrogens (primary N) is 2. The van der Waals surface area contributed by atoms with Gasteiger partial charge in [0, 0.05) is 11.1 Å². The summed E-state index contributed by atoms with van der Waals surface area (Å²) in [5, 5.41) is 19.8. The van der Waals surface area contributed by atoms with Gasteiger partial charge in [0.05, 0.1) is 12.1 Å². The van der Waals surface area contributed by atoms with Gasteiger partial charge >= 0.3 is 0 Å². The molecule has 0 bridgehead atoms. The first-order chi connectivity index (χ1) is 15.0. The number of hydrogen-bond donors (Lipinski definition) is 4. The van der Waals surface area contributed by atoms with E-state index in [-0.39, 0.29) is 12.1 Å². The van der Waals surface area contributed by atoms with Crippen molar-refractivity contribution in [3.63, 3.8) is 0 Å². The molecule has 0 saturated carbocycles. The molecule has 2 heterocycles. The van der Waals surface area contributed by atoms with Crippen molar-refractivity contribution >= 4 is 0 Å². The number of para-hydroxylation sites is 2. The van der Waals surface area contributed by atoms with Crippen LogP contribution in [-0.4, -0.2) is 33.6 Å². The van der Waals surface area contributed by atoms with E-state index in [1.807, 2.05) is 104 Å². The normalized spacial score (nSPS) is 25.9. The zero-order valence-corrected chi connectivity index (χ0v) is 20.8. The van der Waals surface area contributed by atoms with Crippen molar-refractivity contribution in [2.75, 3.05) is 0 Å². The molecular weight excluding hydrogens is 404 g/mol. The number of benzene rings is 2. The van der Waals surface area contributed by atoms with Gasteiger partial charge in [-0.1, -0.05) is 64.1 Å². The summed E-state index contributed by atoms with van der Waals surface area (Å²) in [5.74, 6) is 1.55. The van der Waals surface area contributed by atoms with Crippen LogP contribution in [0.15, 0.2) is 48.5 Å². The first kappa shape index (κ1) is 27.9. The van der Waals surface area contributed by atoms with E-state index in [0.29, 0.717) is 0 Å². The minimum absolute atomic E-state index is 0.366. The zero-order chi connectivity index (χ0) is 24.7. The molecule has 2 aliphatic heterocycles. The van der Waals surface area contributed by atoms with Gasteiger partial charge in [-0.2, -0.15) is 0 Å². The molecule has 2 aromatic rings. The van der Waals surface area contributed by atoms with Crippen molar-refractivity contribution in [3.05, 3.63) is 59.7 Å². The largest absolute Gasteiger partial charge is 0.485 e. The van der Waals surface area contributed by atoms with Crippen molar-refractivity contribution in [2.24, 2.45) is 11.5 Å². The summed E-state index contributed by atoms with van der Waals surface area (Å²) < 4.78 is 11.3. The lowest BCUT2D eigenvalue weighted by Gasteiger charge is -2.40. The summed E-state index contributed by atoms with van der Waals surface area (Å²) in [6, 6.07) is 14.4. The van der Waals surface area contributed by atoms with Gasteiger partial charge in [-0.15, -0.1) is 0 Å². The van der Waals surface area contributed by atoms with Crippen LogP contribution in [0.25, 0.3) is 0 Å². The third-order valence-corrected chi connectivity index (χ3v) is 5.41. The lowest BCUT2D eigenvalue weighted by Crippen LogP contribution is -2.51. The molecule has 6 nitrogen and oxygen atoms in total. The maximum absolute atomic E-state index is 9.90. The Bertz CT molecular complexity index is 769. The summed E-state index contributed by atoms with van der Waals surface area (Å²) in [7, 11) is 0. The smallest absolute Gasteiger partial charge is 0.131 e. The van der Waals surface area contributed by atoms with Crippen molar-refractivity contribution < 1.29 is 19.7 Å². The maximum atomic E-state index is 9.90. The molecular formula is C26H42N2O4. The van der Waals surface area contributed by atoms with Gasteiger partial charge in [-0.25, -0.2) is 0 Å². The van der Waals surface area contributed by atoms with Gasteiger partial charge in [-0.05, 0) is 39.8 Å². The minimum atomic E-state index is -0.669. The molecule has 0 aromatic heterocycles. The number of ether oxygens (including phenoxy) is 2. The van der Waals surface area contributed by atoms with Crippen molar-refractivity contribution in [3.8, 4) is 11.5 Å². The topological polar surface area (TPSA) is 111 Å². The Labute approximate surface area is 193 Å². The third kappa shape index (κ3) is 6.01. The van der Waals surface area contributed by atoms with Crippen LogP contribution in [0.1, 0.15) is 78.6 Å². The van der Waals surface area contributed by atoms with Gasteiger partial charge in [0.25, 0.3) is 0 Å². The fraction of sp³-hybridized carbons (Fsp3) is 0.538. The molecule has 0 amide bonds. The van der Waals surface area contributed by atoms with Gasteiger partial charge in [0.1, 0.15) is 34.9 Å². The van der Waals surface area contributed by atoms with Crippen LogP contribution in [0.4, 0.5) is 0 Å². The van der Waals surface area contributed by atoms with Crippen molar-refractivity contribution in [2.45, 2.75) is 90.9 Å². The van der Waals surface area contributed by atoms with Crippen LogP contribution >= 0.6 is 0 Å². The fourth-order valence-electron chi connectivity index (χ4n) is 3.59. The summed E-state index contributed by atoms with van der Waals surface area (Å²) in [6.07, 6.45) is -1.34. The standard InChI is InChI=1S/2C11H15NO2.2C2H6/c2*1-11(2)10(13)9(12)7-5-3-4-6-8(7)14-11;2*1-2/h2*3-6,9-10,13H,12H2,1-2H3;2*1-2H3/t2*9-,10+;;/m10../s1. The first-order valence-corrected chi connectivity index (χ1v) is 11.5. The van der Waals surface area contributed by atoms with E-state index in [1.54, 1.807) is 0 Å². The van der Waals surface area contributed by atoms with E-state index in [4.69, 9.17) is 20.9 Å². The second kappa shape index (κ2) is 11.7. The van der Waals surface area contributed by atoms with Gasteiger partial charge in [0.2, 0.25) is 0 Å². The second-order valence-corrected chi connectivity index (χ2v) is 8.43. The summed E-state index contributed by atoms with van der Waals surface area (Å²) in [5.41, 5.74) is 12.4. The second-order valence-electron chi connectivity index (χ2n) is 8.43. The van der Waals surface area contributed by atoms with E-state index < -0.39 is 23.4 Å². The molecule has 0 radical (unpaired) electrons. The molecule has 180 valence electrons. The van der Waals surface area contributed by atoms with Crippen LogP contribution in [0.2, 0.25) is 0 Å². The van der Waals surface area contributed by atoms with Crippen LogP contribution in [0, 0.1) is 0 Å². The van der Waals surface area contributed by atoms with E-state index in [0.717, 1.165) is 22.6 Å². The fourth-order valence-corrected chi connectivity index (χ4v) is 3.59. The first-order valence-electron chi connectivity index (χ1n) is 11.5. The van der Waals surface area contributed by atoms with Gasteiger partial charge in [0.15, 0.2) is 0 Å². The maximum Gasteiger partial charge on any atom is 0.131 e. The molecule has 4 atom stereocenters. The highest BCUT2D eigenvalue weighted by atomic mass is 16.5.